The van der Waals surface area contributed by atoms with Crippen LogP contribution >= 0.6 is 0 Å². The lowest BCUT2D eigenvalue weighted by atomic mass is 10.2. The first-order valence-corrected chi connectivity index (χ1v) is 5.35. The Hall–Kier alpha value is -1.68. The van der Waals surface area contributed by atoms with Gasteiger partial charge in [-0.3, -0.25) is 0 Å². The molecule has 2 rings (SSSR count). The third-order valence-electron chi connectivity index (χ3n) is 2.66. The first-order valence-electron chi connectivity index (χ1n) is 5.35. The highest BCUT2D eigenvalue weighted by Gasteiger charge is 2.11. The average molecular weight is 237 g/mol. The van der Waals surface area contributed by atoms with Crippen LogP contribution in [0.15, 0.2) is 36.5 Å². The number of aromatic nitrogens is 1. The number of aliphatic hydroxyl groups is 1. The van der Waals surface area contributed by atoms with E-state index in [1.807, 2.05) is 0 Å². The van der Waals surface area contributed by atoms with Gasteiger partial charge >= 0.3 is 0 Å². The van der Waals surface area contributed by atoms with Gasteiger partial charge in [-0.15, -0.1) is 0 Å². The molecule has 0 aliphatic rings. The van der Waals surface area contributed by atoms with Crippen molar-refractivity contribution < 1.29 is 13.9 Å². The van der Waals surface area contributed by atoms with Gasteiger partial charge in [0.15, 0.2) is 11.6 Å². The molecular formula is C13H13F2NO. The van der Waals surface area contributed by atoms with Crippen molar-refractivity contribution in [2.75, 3.05) is 0 Å². The van der Waals surface area contributed by atoms with E-state index >= 15 is 0 Å². The van der Waals surface area contributed by atoms with Crippen LogP contribution in [-0.2, 0) is 6.54 Å². The number of hydrogen-bond acceptors (Lipinski definition) is 1. The third kappa shape index (κ3) is 2.36. The average Bonchev–Trinajstić information content (AvgIpc) is 2.73. The fourth-order valence-electron chi connectivity index (χ4n) is 1.80. The van der Waals surface area contributed by atoms with Gasteiger partial charge < -0.3 is 9.67 Å². The fourth-order valence-corrected chi connectivity index (χ4v) is 1.80. The lowest BCUT2D eigenvalue weighted by Crippen LogP contribution is -2.07. The SMILES string of the molecule is CC(O)c1cccn1Cc1cccc(F)c1F. The first kappa shape index (κ1) is 11.8. The minimum atomic E-state index is -0.853. The largest absolute Gasteiger partial charge is 0.387 e. The molecule has 1 heterocycles. The standard InChI is InChI=1S/C13H13F2NO/c1-9(17)12-6-3-7-16(12)8-10-4-2-5-11(14)13(10)15/h2-7,9,17H,8H2,1H3. The maximum atomic E-state index is 13.5. The summed E-state index contributed by atoms with van der Waals surface area (Å²) in [6, 6.07) is 7.61. The van der Waals surface area contributed by atoms with E-state index in [-0.39, 0.29) is 12.1 Å². The molecule has 1 aromatic carbocycles. The van der Waals surface area contributed by atoms with Crippen LogP contribution < -0.4 is 0 Å². The van der Waals surface area contributed by atoms with Crippen molar-refractivity contribution in [3.8, 4) is 0 Å². The van der Waals surface area contributed by atoms with Crippen molar-refractivity contribution in [3.63, 3.8) is 0 Å². The second-order valence-electron chi connectivity index (χ2n) is 3.95. The number of halogens is 2. The van der Waals surface area contributed by atoms with Crippen molar-refractivity contribution in [2.45, 2.75) is 19.6 Å². The van der Waals surface area contributed by atoms with Gasteiger partial charge in [-0.1, -0.05) is 12.1 Å². The zero-order valence-electron chi connectivity index (χ0n) is 9.40. The third-order valence-corrected chi connectivity index (χ3v) is 2.66. The van der Waals surface area contributed by atoms with Crippen molar-refractivity contribution >= 4 is 0 Å². The molecule has 0 amide bonds. The van der Waals surface area contributed by atoms with Crippen LogP contribution in [0.3, 0.4) is 0 Å². The zero-order chi connectivity index (χ0) is 12.4. The second kappa shape index (κ2) is 4.67. The summed E-state index contributed by atoms with van der Waals surface area (Å²) in [5, 5.41) is 9.51. The van der Waals surface area contributed by atoms with Crippen LogP contribution in [-0.4, -0.2) is 9.67 Å². The molecule has 0 aliphatic heterocycles. The van der Waals surface area contributed by atoms with E-state index in [0.29, 0.717) is 5.69 Å². The molecule has 1 aromatic heterocycles. The molecule has 1 N–H and O–H groups in total. The lowest BCUT2D eigenvalue weighted by molar-refractivity contribution is 0.189. The molecular weight excluding hydrogens is 224 g/mol. The Morgan fingerprint density at radius 1 is 1.24 bits per heavy atom. The van der Waals surface area contributed by atoms with E-state index in [4.69, 9.17) is 0 Å². The van der Waals surface area contributed by atoms with Gasteiger partial charge in [0.25, 0.3) is 0 Å². The highest BCUT2D eigenvalue weighted by molar-refractivity contribution is 5.21. The van der Waals surface area contributed by atoms with Gasteiger partial charge in [-0.2, -0.15) is 0 Å². The van der Waals surface area contributed by atoms with Crippen LogP contribution in [0.4, 0.5) is 8.78 Å². The minimum absolute atomic E-state index is 0.205. The Bertz CT molecular complexity index is 520. The van der Waals surface area contributed by atoms with Crippen molar-refractivity contribution in [2.24, 2.45) is 0 Å². The van der Waals surface area contributed by atoms with E-state index in [2.05, 4.69) is 0 Å². The van der Waals surface area contributed by atoms with Gasteiger partial charge in [0.1, 0.15) is 0 Å². The maximum Gasteiger partial charge on any atom is 0.163 e. The molecule has 1 unspecified atom stereocenters. The molecule has 0 fully saturated rings. The molecule has 1 atom stereocenters. The Balaban J connectivity index is 2.32. The summed E-state index contributed by atoms with van der Waals surface area (Å²) >= 11 is 0. The molecule has 0 spiro atoms. The molecule has 0 radical (unpaired) electrons. The van der Waals surface area contributed by atoms with Crippen LogP contribution in [0.2, 0.25) is 0 Å². The molecule has 90 valence electrons. The Kier molecular flexibility index (Phi) is 3.24. The zero-order valence-corrected chi connectivity index (χ0v) is 9.40. The van der Waals surface area contributed by atoms with Crippen molar-refractivity contribution in [3.05, 3.63) is 59.4 Å². The Morgan fingerprint density at radius 3 is 2.71 bits per heavy atom. The molecule has 0 aliphatic carbocycles. The van der Waals surface area contributed by atoms with Crippen molar-refractivity contribution in [1.82, 2.24) is 4.57 Å². The first-order chi connectivity index (χ1) is 8.09. The molecule has 17 heavy (non-hydrogen) atoms. The van der Waals surface area contributed by atoms with Crippen molar-refractivity contribution in [1.29, 1.82) is 0 Å². The highest BCUT2D eigenvalue weighted by Crippen LogP contribution is 2.17. The smallest absolute Gasteiger partial charge is 0.163 e. The summed E-state index contributed by atoms with van der Waals surface area (Å²) in [6.45, 7) is 1.84. The number of rotatable bonds is 3. The summed E-state index contributed by atoms with van der Waals surface area (Å²) in [5.41, 5.74) is 0.941. The Morgan fingerprint density at radius 2 is 2.00 bits per heavy atom. The molecule has 4 heteroatoms. The second-order valence-corrected chi connectivity index (χ2v) is 3.95. The van der Waals surface area contributed by atoms with Crippen LogP contribution in [0.5, 0.6) is 0 Å². The van der Waals surface area contributed by atoms with Gasteiger partial charge in [0.05, 0.1) is 12.6 Å². The van der Waals surface area contributed by atoms with E-state index in [1.165, 1.54) is 12.1 Å². The summed E-state index contributed by atoms with van der Waals surface area (Å²) < 4.78 is 28.2. The van der Waals surface area contributed by atoms with Gasteiger partial charge in [-0.05, 0) is 25.1 Å². The highest BCUT2D eigenvalue weighted by atomic mass is 19.2. The summed E-state index contributed by atoms with van der Waals surface area (Å²) in [5.74, 6) is -1.69. The Labute approximate surface area is 98.1 Å². The summed E-state index contributed by atoms with van der Waals surface area (Å²) in [6.07, 6.45) is 1.09. The van der Waals surface area contributed by atoms with E-state index in [1.54, 1.807) is 29.8 Å². The summed E-state index contributed by atoms with van der Waals surface area (Å²) in [7, 11) is 0. The monoisotopic (exact) mass is 237 g/mol. The normalized spacial score (nSPS) is 12.7. The molecule has 2 aromatic rings. The molecule has 0 bridgehead atoms. The van der Waals surface area contributed by atoms with Gasteiger partial charge in [0, 0.05) is 17.5 Å². The fraction of sp³-hybridized carbons (Fsp3) is 0.231. The minimum Gasteiger partial charge on any atom is -0.387 e. The van der Waals surface area contributed by atoms with E-state index < -0.39 is 17.7 Å². The number of hydrogen-bond donors (Lipinski definition) is 1. The summed E-state index contributed by atoms with van der Waals surface area (Å²) in [4.78, 5) is 0. The maximum absolute atomic E-state index is 13.5. The number of aliphatic hydroxyl groups excluding tert-OH is 1. The van der Waals surface area contributed by atoms with Crippen LogP contribution in [0, 0.1) is 11.6 Å². The number of benzene rings is 1. The topological polar surface area (TPSA) is 25.2 Å². The quantitative estimate of drug-likeness (QED) is 0.872. The molecule has 0 saturated carbocycles. The predicted octanol–water partition coefficient (Wildman–Crippen LogP) is 2.87. The van der Waals surface area contributed by atoms with E-state index in [0.717, 1.165) is 6.07 Å². The van der Waals surface area contributed by atoms with E-state index in [9.17, 15) is 13.9 Å². The lowest BCUT2D eigenvalue weighted by Gasteiger charge is -2.12. The van der Waals surface area contributed by atoms with Crippen LogP contribution in [0.1, 0.15) is 24.3 Å². The van der Waals surface area contributed by atoms with Crippen LogP contribution in [0.25, 0.3) is 0 Å². The molecule has 2 nitrogen and oxygen atoms in total. The number of nitrogens with zero attached hydrogens (tertiary/aromatic N) is 1. The molecule has 0 saturated heterocycles. The van der Waals surface area contributed by atoms with Gasteiger partial charge in [0.2, 0.25) is 0 Å². The van der Waals surface area contributed by atoms with Gasteiger partial charge in [-0.25, -0.2) is 8.78 Å². The predicted molar refractivity (Wildman–Crippen MR) is 60.5 cm³/mol.